The third-order valence-electron chi connectivity index (χ3n) is 4.00. The van der Waals surface area contributed by atoms with Crippen molar-refractivity contribution < 1.29 is 0 Å². The van der Waals surface area contributed by atoms with Gasteiger partial charge < -0.3 is 0 Å². The van der Waals surface area contributed by atoms with E-state index in [1.54, 1.807) is 0 Å². The summed E-state index contributed by atoms with van der Waals surface area (Å²) in [5.74, 6) is 0. The second kappa shape index (κ2) is 14.9. The minimum absolute atomic E-state index is 0.500. The van der Waals surface area contributed by atoms with Gasteiger partial charge in [-0.3, -0.25) is 0 Å². The molecule has 0 spiro atoms. The van der Waals surface area contributed by atoms with Crippen LogP contribution in [0.3, 0.4) is 0 Å². The maximum Gasteiger partial charge on any atom is -0.0411 e. The summed E-state index contributed by atoms with van der Waals surface area (Å²) < 4.78 is 0. The molecule has 0 saturated heterocycles. The van der Waals surface area contributed by atoms with E-state index in [-0.39, 0.29) is 0 Å². The van der Waals surface area contributed by atoms with Gasteiger partial charge in [0, 0.05) is 0 Å². The summed E-state index contributed by atoms with van der Waals surface area (Å²) in [4.78, 5) is 0. The Kier molecular flexibility index (Phi) is 14.9. The smallest absolute Gasteiger partial charge is 0.0411 e. The van der Waals surface area contributed by atoms with Crippen molar-refractivity contribution in [1.82, 2.24) is 0 Å². The molecule has 0 heteroatoms. The molecule has 0 N–H and O–H groups in total. The molecule has 0 atom stereocenters. The highest BCUT2D eigenvalue weighted by atomic mass is 14.0. The fourth-order valence-electron chi connectivity index (χ4n) is 1.000. The Hall–Kier alpha value is 0. The van der Waals surface area contributed by atoms with Crippen LogP contribution in [-0.2, 0) is 0 Å². The first-order chi connectivity index (χ1) is 10.0. The molecular formula is C21H44. The van der Waals surface area contributed by atoms with Gasteiger partial charge in [-0.2, -0.15) is 0 Å². The first-order valence-corrected chi connectivity index (χ1v) is 10.00. The third-order valence-corrected chi connectivity index (χ3v) is 4.00. The fourth-order valence-corrected chi connectivity index (χ4v) is 1.000. The van der Waals surface area contributed by atoms with Gasteiger partial charge >= 0.3 is 0 Å². The average molecular weight is 297 g/mol. The molecule has 4 saturated carbocycles. The summed E-state index contributed by atoms with van der Waals surface area (Å²) in [7, 11) is 0. The van der Waals surface area contributed by atoms with Gasteiger partial charge in [-0.25, -0.2) is 0 Å². The molecule has 0 aromatic carbocycles. The van der Waals surface area contributed by atoms with E-state index in [0.717, 1.165) is 0 Å². The van der Waals surface area contributed by atoms with Gasteiger partial charge in [-0.05, 0) is 5.41 Å². The zero-order valence-corrected chi connectivity index (χ0v) is 15.8. The zero-order chi connectivity index (χ0) is 15.8. The number of hydrogen-bond donors (Lipinski definition) is 0. The molecular weight excluding hydrogens is 252 g/mol. The van der Waals surface area contributed by atoms with E-state index in [2.05, 4.69) is 27.7 Å². The monoisotopic (exact) mass is 296 g/mol. The second-order valence-electron chi connectivity index (χ2n) is 8.66. The molecule has 0 radical (unpaired) electrons. The first-order valence-electron chi connectivity index (χ1n) is 10.00. The summed E-state index contributed by atoms with van der Waals surface area (Å²) in [5, 5.41) is 0. The van der Waals surface area contributed by atoms with Crippen LogP contribution in [0.4, 0.5) is 0 Å². The van der Waals surface area contributed by atoms with E-state index in [4.69, 9.17) is 0 Å². The summed E-state index contributed by atoms with van der Waals surface area (Å²) in [5.41, 5.74) is 0.500. The van der Waals surface area contributed by atoms with Gasteiger partial charge in [0.1, 0.15) is 0 Å². The SMILES string of the molecule is C1CCC1.C1CCC1.C1CCC1.C1CCC1.CC(C)(C)C. The van der Waals surface area contributed by atoms with Crippen molar-refractivity contribution in [3.05, 3.63) is 0 Å². The standard InChI is InChI=1S/C5H12.4C4H8/c1-5(2,3)4;4*1-2-4-3-1/h1-4H3;4*1-4H2. The van der Waals surface area contributed by atoms with Crippen LogP contribution >= 0.6 is 0 Å². The van der Waals surface area contributed by atoms with Crippen molar-refractivity contribution in [1.29, 1.82) is 0 Å². The molecule has 0 aromatic rings. The molecule has 0 heterocycles. The van der Waals surface area contributed by atoms with Crippen molar-refractivity contribution in [2.24, 2.45) is 5.41 Å². The molecule has 0 aliphatic heterocycles. The molecule has 4 aliphatic carbocycles. The van der Waals surface area contributed by atoms with Gasteiger partial charge in [-0.1, -0.05) is 130 Å². The van der Waals surface area contributed by atoms with Crippen LogP contribution in [0.15, 0.2) is 0 Å². The predicted octanol–water partition coefficient (Wildman–Crippen LogP) is 8.29. The normalized spacial score (nSPS) is 21.1. The Morgan fingerprint density at radius 3 is 0.333 bits per heavy atom. The molecule has 21 heavy (non-hydrogen) atoms. The molecule has 0 unspecified atom stereocenters. The van der Waals surface area contributed by atoms with E-state index in [0.29, 0.717) is 5.41 Å². The largest absolute Gasteiger partial charge is 0.0604 e. The Labute approximate surface area is 136 Å². The van der Waals surface area contributed by atoms with Crippen LogP contribution < -0.4 is 0 Å². The third kappa shape index (κ3) is 25.3. The Bertz CT molecular complexity index is 117. The van der Waals surface area contributed by atoms with Gasteiger partial charge in [0.15, 0.2) is 0 Å². The molecule has 4 rings (SSSR count). The zero-order valence-electron chi connectivity index (χ0n) is 15.8. The topological polar surface area (TPSA) is 0 Å². The maximum absolute atomic E-state index is 2.19. The van der Waals surface area contributed by atoms with Crippen LogP contribution in [0, 0.1) is 5.41 Å². The van der Waals surface area contributed by atoms with E-state index in [1.807, 2.05) is 0 Å². The van der Waals surface area contributed by atoms with Crippen LogP contribution in [0.1, 0.15) is 130 Å². The highest BCUT2D eigenvalue weighted by Gasteiger charge is 1.96. The molecule has 128 valence electrons. The van der Waals surface area contributed by atoms with Gasteiger partial charge in [0.2, 0.25) is 0 Å². The minimum Gasteiger partial charge on any atom is -0.0604 e. The molecule has 0 bridgehead atoms. The lowest BCUT2D eigenvalue weighted by Gasteiger charge is -2.05. The summed E-state index contributed by atoms with van der Waals surface area (Å²) >= 11 is 0. The van der Waals surface area contributed by atoms with Crippen LogP contribution in [0.2, 0.25) is 0 Å². The van der Waals surface area contributed by atoms with Crippen molar-refractivity contribution in [3.63, 3.8) is 0 Å². The summed E-state index contributed by atoms with van der Waals surface area (Å²) in [6.07, 6.45) is 24.0. The molecule has 0 amide bonds. The van der Waals surface area contributed by atoms with Crippen LogP contribution in [0.5, 0.6) is 0 Å². The summed E-state index contributed by atoms with van der Waals surface area (Å²) in [6.45, 7) is 8.75. The highest BCUT2D eigenvalue weighted by molar-refractivity contribution is 4.52. The Morgan fingerprint density at radius 2 is 0.333 bits per heavy atom. The molecule has 0 nitrogen and oxygen atoms in total. The van der Waals surface area contributed by atoms with Crippen molar-refractivity contribution in [2.45, 2.75) is 130 Å². The van der Waals surface area contributed by atoms with Gasteiger partial charge in [-0.15, -0.1) is 0 Å². The first kappa shape index (κ1) is 21.0. The van der Waals surface area contributed by atoms with E-state index >= 15 is 0 Å². The van der Waals surface area contributed by atoms with Crippen molar-refractivity contribution >= 4 is 0 Å². The number of hydrogen-bond acceptors (Lipinski definition) is 0. The predicted molar refractivity (Wildman–Crippen MR) is 99.0 cm³/mol. The van der Waals surface area contributed by atoms with E-state index < -0.39 is 0 Å². The Morgan fingerprint density at radius 1 is 0.286 bits per heavy atom. The minimum atomic E-state index is 0.500. The molecule has 4 aliphatic rings. The lowest BCUT2D eigenvalue weighted by Crippen LogP contribution is -1.93. The quantitative estimate of drug-likeness (QED) is 0.421. The fraction of sp³-hybridized carbons (Fsp3) is 1.00. The maximum atomic E-state index is 2.19. The second-order valence-corrected chi connectivity index (χ2v) is 8.66. The van der Waals surface area contributed by atoms with Crippen molar-refractivity contribution in [2.75, 3.05) is 0 Å². The highest BCUT2D eigenvalue weighted by Crippen LogP contribution is 2.16. The number of rotatable bonds is 0. The van der Waals surface area contributed by atoms with E-state index in [9.17, 15) is 0 Å². The van der Waals surface area contributed by atoms with Crippen LogP contribution in [0.25, 0.3) is 0 Å². The lowest BCUT2D eigenvalue weighted by molar-refractivity contribution is 0.469. The molecule has 0 aromatic heterocycles. The van der Waals surface area contributed by atoms with E-state index in [1.165, 1.54) is 103 Å². The van der Waals surface area contributed by atoms with Gasteiger partial charge in [0.05, 0.1) is 0 Å². The Balaban J connectivity index is 0.000000238. The average Bonchev–Trinajstić information content (AvgIpc) is 1.79. The van der Waals surface area contributed by atoms with Gasteiger partial charge in [0.25, 0.3) is 0 Å². The van der Waals surface area contributed by atoms with Crippen LogP contribution in [-0.4, -0.2) is 0 Å². The summed E-state index contributed by atoms with van der Waals surface area (Å²) in [6, 6.07) is 0. The van der Waals surface area contributed by atoms with Crippen molar-refractivity contribution in [3.8, 4) is 0 Å². The molecule has 4 fully saturated rings. The lowest BCUT2D eigenvalue weighted by atomic mass is 10.0.